The molecule has 9 heteroatoms. The molecule has 0 radical (unpaired) electrons. The highest BCUT2D eigenvalue weighted by molar-refractivity contribution is 9.10. The van der Waals surface area contributed by atoms with Crippen molar-refractivity contribution in [3.05, 3.63) is 69.7 Å². The molecule has 0 aliphatic carbocycles. The van der Waals surface area contributed by atoms with Crippen LogP contribution < -0.4 is 5.32 Å². The molecule has 2 atom stereocenters. The number of aliphatic hydroxyl groups excluding tert-OH is 2. The lowest BCUT2D eigenvalue weighted by molar-refractivity contribution is -0.138. The van der Waals surface area contributed by atoms with Crippen LogP contribution in [0.15, 0.2) is 53.0 Å². The van der Waals surface area contributed by atoms with Gasteiger partial charge < -0.3 is 20.3 Å². The Labute approximate surface area is 161 Å². The van der Waals surface area contributed by atoms with Crippen LogP contribution in [0, 0.1) is 0 Å². The number of aliphatic hydroxyl groups is 2. The Morgan fingerprint density at radius 3 is 2.44 bits per heavy atom. The van der Waals surface area contributed by atoms with Crippen LogP contribution in [-0.4, -0.2) is 29.0 Å². The van der Waals surface area contributed by atoms with E-state index in [-0.39, 0.29) is 16.6 Å². The highest BCUT2D eigenvalue weighted by atomic mass is 79.9. The Balaban J connectivity index is 1.90. The van der Waals surface area contributed by atoms with Crippen LogP contribution in [0.3, 0.4) is 0 Å². The predicted molar refractivity (Wildman–Crippen MR) is 94.7 cm³/mol. The minimum atomic E-state index is -4.61. The fourth-order valence-electron chi connectivity index (χ4n) is 2.24. The van der Waals surface area contributed by atoms with Gasteiger partial charge in [-0.25, -0.2) is 4.79 Å². The first kappa shape index (κ1) is 21.2. The molecule has 0 aromatic heterocycles. The molecule has 0 aliphatic rings. The maximum Gasteiger partial charge on any atom is 0.417 e. The van der Waals surface area contributed by atoms with E-state index < -0.39 is 36.6 Å². The van der Waals surface area contributed by atoms with Crippen molar-refractivity contribution in [3.63, 3.8) is 0 Å². The Kier molecular flexibility index (Phi) is 7.23. The van der Waals surface area contributed by atoms with Crippen LogP contribution in [0.25, 0.3) is 0 Å². The number of benzene rings is 2. The van der Waals surface area contributed by atoms with Crippen LogP contribution in [0.2, 0.25) is 0 Å². The zero-order chi connectivity index (χ0) is 20.0. The van der Waals surface area contributed by atoms with E-state index in [1.165, 1.54) is 6.07 Å². The highest BCUT2D eigenvalue weighted by Gasteiger charge is 2.34. The van der Waals surface area contributed by atoms with E-state index in [2.05, 4.69) is 21.2 Å². The molecule has 27 heavy (non-hydrogen) atoms. The summed E-state index contributed by atoms with van der Waals surface area (Å²) in [5, 5.41) is 22.3. The molecule has 2 unspecified atom stereocenters. The van der Waals surface area contributed by atoms with Gasteiger partial charge in [-0.05, 0) is 23.3 Å². The number of alkyl carbamates (subject to hydrolysis) is 1. The molecule has 3 N–H and O–H groups in total. The van der Waals surface area contributed by atoms with Gasteiger partial charge in [-0.1, -0.05) is 52.3 Å². The van der Waals surface area contributed by atoms with Gasteiger partial charge in [0.1, 0.15) is 18.8 Å². The van der Waals surface area contributed by atoms with Gasteiger partial charge in [-0.3, -0.25) is 0 Å². The lowest BCUT2D eigenvalue weighted by Gasteiger charge is -2.20. The van der Waals surface area contributed by atoms with Crippen molar-refractivity contribution in [1.82, 2.24) is 5.32 Å². The maximum atomic E-state index is 12.9. The molecule has 2 aromatic carbocycles. The third-order valence-corrected chi connectivity index (χ3v) is 4.36. The van der Waals surface area contributed by atoms with Gasteiger partial charge in [0.25, 0.3) is 0 Å². The molecule has 2 aromatic rings. The largest absolute Gasteiger partial charge is 0.445 e. The van der Waals surface area contributed by atoms with Crippen molar-refractivity contribution < 1.29 is 32.9 Å². The number of carbonyl (C=O) groups is 1. The molecule has 0 saturated carbocycles. The number of alkyl halides is 3. The topological polar surface area (TPSA) is 78.8 Å². The van der Waals surface area contributed by atoms with E-state index in [0.717, 1.165) is 17.7 Å². The van der Waals surface area contributed by atoms with Gasteiger partial charge >= 0.3 is 12.3 Å². The smallest absolute Gasteiger partial charge is 0.417 e. The minimum absolute atomic E-state index is 0.0208. The Morgan fingerprint density at radius 2 is 1.81 bits per heavy atom. The fourth-order valence-corrected chi connectivity index (χ4v) is 2.71. The number of hydrogen-bond acceptors (Lipinski definition) is 4. The first-order chi connectivity index (χ1) is 12.7. The number of halogens is 4. The molecule has 0 fully saturated rings. The van der Waals surface area contributed by atoms with E-state index in [4.69, 9.17) is 4.74 Å². The SMILES string of the molecule is O=C(NCC(O)C(O)c1ccc(Br)c(C(F)(F)F)c1)OCc1ccccc1. The molecule has 0 saturated heterocycles. The van der Waals surface area contributed by atoms with E-state index >= 15 is 0 Å². The first-order valence-electron chi connectivity index (χ1n) is 7.86. The monoisotopic (exact) mass is 447 g/mol. The normalized spacial score (nSPS) is 13.7. The van der Waals surface area contributed by atoms with Crippen LogP contribution in [0.1, 0.15) is 22.8 Å². The van der Waals surface area contributed by atoms with Crippen LogP contribution in [-0.2, 0) is 17.5 Å². The van der Waals surface area contributed by atoms with E-state index in [1.807, 2.05) is 6.07 Å². The summed E-state index contributed by atoms with van der Waals surface area (Å²) in [6.07, 6.45) is -8.57. The summed E-state index contributed by atoms with van der Waals surface area (Å²) >= 11 is 2.80. The Hall–Kier alpha value is -2.10. The molecule has 0 spiro atoms. The standard InChI is InChI=1S/C18H17BrF3NO4/c19-14-7-6-12(8-13(14)18(20,21)22)16(25)15(24)9-23-17(26)27-10-11-4-2-1-3-5-11/h1-8,15-16,24-25H,9-10H2,(H,23,26). The molecular weight excluding hydrogens is 431 g/mol. The lowest BCUT2D eigenvalue weighted by Crippen LogP contribution is -2.35. The highest BCUT2D eigenvalue weighted by Crippen LogP contribution is 2.36. The third-order valence-electron chi connectivity index (χ3n) is 3.67. The van der Waals surface area contributed by atoms with Gasteiger partial charge in [-0.15, -0.1) is 0 Å². The summed E-state index contributed by atoms with van der Waals surface area (Å²) in [5.41, 5.74) is -0.332. The second-order valence-corrected chi connectivity index (χ2v) is 6.55. The average Bonchev–Trinajstić information content (AvgIpc) is 2.64. The van der Waals surface area contributed by atoms with E-state index in [1.54, 1.807) is 24.3 Å². The number of carbonyl (C=O) groups excluding carboxylic acids is 1. The van der Waals surface area contributed by atoms with Gasteiger partial charge in [0, 0.05) is 11.0 Å². The van der Waals surface area contributed by atoms with Crippen molar-refractivity contribution in [1.29, 1.82) is 0 Å². The Morgan fingerprint density at radius 1 is 1.15 bits per heavy atom. The zero-order valence-electron chi connectivity index (χ0n) is 13.9. The predicted octanol–water partition coefficient (Wildman–Crippen LogP) is 3.79. The van der Waals surface area contributed by atoms with Crippen LogP contribution in [0.5, 0.6) is 0 Å². The number of ether oxygens (including phenoxy) is 1. The molecule has 5 nitrogen and oxygen atoms in total. The van der Waals surface area contributed by atoms with Gasteiger partial charge in [0.2, 0.25) is 0 Å². The zero-order valence-corrected chi connectivity index (χ0v) is 15.5. The lowest BCUT2D eigenvalue weighted by atomic mass is 10.0. The van der Waals surface area contributed by atoms with Gasteiger partial charge in [0.05, 0.1) is 5.56 Å². The number of amides is 1. The second-order valence-electron chi connectivity index (χ2n) is 5.69. The molecule has 0 heterocycles. The summed E-state index contributed by atoms with van der Waals surface area (Å²) < 4.78 is 43.5. The summed E-state index contributed by atoms with van der Waals surface area (Å²) in [6.45, 7) is -0.376. The Bertz CT molecular complexity index is 771. The number of rotatable bonds is 6. The molecule has 1 amide bonds. The summed E-state index contributed by atoms with van der Waals surface area (Å²) in [6, 6.07) is 12.0. The molecule has 0 aliphatic heterocycles. The molecular formula is C18H17BrF3NO4. The molecule has 2 rings (SSSR count). The summed E-state index contributed by atoms with van der Waals surface area (Å²) in [7, 11) is 0. The van der Waals surface area contributed by atoms with Crippen LogP contribution >= 0.6 is 15.9 Å². The van der Waals surface area contributed by atoms with Crippen molar-refractivity contribution in [2.75, 3.05) is 6.54 Å². The van der Waals surface area contributed by atoms with Crippen molar-refractivity contribution in [3.8, 4) is 0 Å². The van der Waals surface area contributed by atoms with Crippen molar-refractivity contribution >= 4 is 22.0 Å². The number of nitrogens with one attached hydrogen (secondary N) is 1. The quantitative estimate of drug-likeness (QED) is 0.629. The average molecular weight is 448 g/mol. The summed E-state index contributed by atoms with van der Waals surface area (Å²) in [5.74, 6) is 0. The minimum Gasteiger partial charge on any atom is -0.445 e. The molecule has 0 bridgehead atoms. The second kappa shape index (κ2) is 9.20. The fraction of sp³-hybridized carbons (Fsp3) is 0.278. The van der Waals surface area contributed by atoms with Gasteiger partial charge in [0.15, 0.2) is 0 Å². The molecule has 146 valence electrons. The third kappa shape index (κ3) is 6.23. The number of hydrogen-bond donors (Lipinski definition) is 3. The van der Waals surface area contributed by atoms with E-state index in [0.29, 0.717) is 0 Å². The van der Waals surface area contributed by atoms with Crippen LogP contribution in [0.4, 0.5) is 18.0 Å². The van der Waals surface area contributed by atoms with Gasteiger partial charge in [-0.2, -0.15) is 13.2 Å². The first-order valence-corrected chi connectivity index (χ1v) is 8.65. The summed E-state index contributed by atoms with van der Waals surface area (Å²) in [4.78, 5) is 11.6. The maximum absolute atomic E-state index is 12.9. The van der Waals surface area contributed by atoms with E-state index in [9.17, 15) is 28.2 Å². The van der Waals surface area contributed by atoms with Crippen molar-refractivity contribution in [2.24, 2.45) is 0 Å². The van der Waals surface area contributed by atoms with Crippen molar-refractivity contribution in [2.45, 2.75) is 25.0 Å².